The van der Waals surface area contributed by atoms with Crippen LogP contribution in [0.3, 0.4) is 0 Å². The summed E-state index contributed by atoms with van der Waals surface area (Å²) >= 11 is 0. The van der Waals surface area contributed by atoms with E-state index >= 15 is 0 Å². The van der Waals surface area contributed by atoms with Crippen molar-refractivity contribution in [2.45, 2.75) is 19.4 Å². The van der Waals surface area contributed by atoms with Gasteiger partial charge in [0, 0.05) is 6.54 Å². The molecule has 2 atom stereocenters. The van der Waals surface area contributed by atoms with Crippen LogP contribution in [0.15, 0.2) is 24.3 Å². The van der Waals surface area contributed by atoms with Gasteiger partial charge in [0.1, 0.15) is 6.04 Å². The largest absolute Gasteiger partial charge is 0.326 e. The summed E-state index contributed by atoms with van der Waals surface area (Å²) in [5.41, 5.74) is 1.22. The predicted molar refractivity (Wildman–Crippen MR) is 63.7 cm³/mol. The smallest absolute Gasteiger partial charge is 0.256 e. The van der Waals surface area contributed by atoms with Gasteiger partial charge in [0.15, 0.2) is 0 Å². The lowest BCUT2D eigenvalue weighted by molar-refractivity contribution is -0.120. The first-order valence-corrected chi connectivity index (χ1v) is 5.89. The van der Waals surface area contributed by atoms with Crippen LogP contribution in [0.1, 0.15) is 23.7 Å². The molecule has 1 N–H and O–H groups in total. The van der Waals surface area contributed by atoms with Crippen molar-refractivity contribution in [2.24, 2.45) is 5.92 Å². The molecule has 0 radical (unpaired) electrons. The van der Waals surface area contributed by atoms with E-state index in [-0.39, 0.29) is 23.8 Å². The van der Waals surface area contributed by atoms with Crippen LogP contribution >= 0.6 is 0 Å². The Bertz CT molecular complexity index is 498. The molecule has 4 heteroatoms. The second kappa shape index (κ2) is 3.58. The number of amides is 2. The lowest BCUT2D eigenvalue weighted by atomic mass is 10.0. The normalized spacial score (nSPS) is 27.2. The van der Waals surface area contributed by atoms with Gasteiger partial charge in [-0.3, -0.25) is 9.59 Å². The highest BCUT2D eigenvalue weighted by atomic mass is 16.2. The number of rotatable bonds is 0. The van der Waals surface area contributed by atoms with Crippen LogP contribution in [-0.4, -0.2) is 29.3 Å². The molecule has 4 nitrogen and oxygen atoms in total. The van der Waals surface area contributed by atoms with Crippen molar-refractivity contribution >= 4 is 17.5 Å². The number of carbonyl (C=O) groups excluding carboxylic acids is 2. The second-order valence-corrected chi connectivity index (χ2v) is 4.74. The van der Waals surface area contributed by atoms with E-state index < -0.39 is 0 Å². The number of fused-ring (bicyclic) bond motifs is 2. The van der Waals surface area contributed by atoms with E-state index in [1.807, 2.05) is 19.1 Å². The number of carbonyl (C=O) groups is 2. The van der Waals surface area contributed by atoms with Gasteiger partial charge in [-0.2, -0.15) is 0 Å². The number of benzene rings is 1. The van der Waals surface area contributed by atoms with E-state index in [0.29, 0.717) is 17.8 Å². The van der Waals surface area contributed by atoms with Crippen LogP contribution in [0.5, 0.6) is 0 Å². The van der Waals surface area contributed by atoms with Gasteiger partial charge in [0.2, 0.25) is 5.91 Å². The third kappa shape index (κ3) is 1.44. The summed E-state index contributed by atoms with van der Waals surface area (Å²) < 4.78 is 0. The van der Waals surface area contributed by atoms with E-state index in [1.165, 1.54) is 0 Å². The Labute approximate surface area is 99.6 Å². The van der Waals surface area contributed by atoms with Gasteiger partial charge >= 0.3 is 0 Å². The Balaban J connectivity index is 2.10. The van der Waals surface area contributed by atoms with Crippen LogP contribution in [0.2, 0.25) is 0 Å². The lowest BCUT2D eigenvalue weighted by Gasteiger charge is -2.22. The van der Waals surface area contributed by atoms with Crippen LogP contribution in [-0.2, 0) is 4.79 Å². The van der Waals surface area contributed by atoms with E-state index in [2.05, 4.69) is 5.32 Å². The summed E-state index contributed by atoms with van der Waals surface area (Å²) in [5.74, 6) is 0.134. The quantitative estimate of drug-likeness (QED) is 0.734. The summed E-state index contributed by atoms with van der Waals surface area (Å²) in [7, 11) is 0. The fourth-order valence-electron chi connectivity index (χ4n) is 2.71. The molecule has 3 rings (SSSR count). The molecule has 1 fully saturated rings. The fraction of sp³-hybridized carbons (Fsp3) is 0.385. The first-order chi connectivity index (χ1) is 8.18. The van der Waals surface area contributed by atoms with Crippen molar-refractivity contribution in [3.05, 3.63) is 29.8 Å². The van der Waals surface area contributed by atoms with Gasteiger partial charge in [-0.25, -0.2) is 0 Å². The number of hydrogen-bond donors (Lipinski definition) is 1. The van der Waals surface area contributed by atoms with Gasteiger partial charge in [0.05, 0.1) is 11.3 Å². The third-order valence-electron chi connectivity index (χ3n) is 3.64. The summed E-state index contributed by atoms with van der Waals surface area (Å²) in [5, 5.41) is 2.85. The standard InChI is InChI=1S/C13H14N2O2/c1-8-6-7-15-11(8)12(16)14-10-5-3-2-4-9(10)13(15)17/h2-5,8,11H,6-7H2,1H3,(H,14,16)/t8-,11?/m0/s1. The lowest BCUT2D eigenvalue weighted by Crippen LogP contribution is -2.43. The molecule has 88 valence electrons. The molecule has 2 aliphatic rings. The second-order valence-electron chi connectivity index (χ2n) is 4.74. The predicted octanol–water partition coefficient (Wildman–Crippen LogP) is 1.49. The Hall–Kier alpha value is -1.84. The topological polar surface area (TPSA) is 49.4 Å². The molecule has 1 saturated heterocycles. The highest BCUT2D eigenvalue weighted by Crippen LogP contribution is 2.31. The highest BCUT2D eigenvalue weighted by Gasteiger charge is 2.42. The maximum atomic E-state index is 12.3. The Kier molecular flexibility index (Phi) is 2.18. The van der Waals surface area contributed by atoms with Crippen LogP contribution in [0.4, 0.5) is 5.69 Å². The minimum atomic E-state index is -0.310. The van der Waals surface area contributed by atoms with Crippen LogP contribution in [0, 0.1) is 5.92 Å². The minimum Gasteiger partial charge on any atom is -0.326 e. The van der Waals surface area contributed by atoms with Crippen LogP contribution in [0.25, 0.3) is 0 Å². The van der Waals surface area contributed by atoms with Crippen molar-refractivity contribution in [3.8, 4) is 0 Å². The van der Waals surface area contributed by atoms with Crippen molar-refractivity contribution in [2.75, 3.05) is 11.9 Å². The van der Waals surface area contributed by atoms with E-state index in [1.54, 1.807) is 17.0 Å². The summed E-state index contributed by atoms with van der Waals surface area (Å²) in [6.45, 7) is 2.69. The summed E-state index contributed by atoms with van der Waals surface area (Å²) in [4.78, 5) is 26.2. The van der Waals surface area contributed by atoms with Gasteiger partial charge in [-0.05, 0) is 24.5 Å². The SMILES string of the molecule is C[C@H]1CCN2C(=O)c3ccccc3NC(=O)C12. The number of para-hydroxylation sites is 1. The zero-order valence-corrected chi connectivity index (χ0v) is 9.64. The molecule has 0 spiro atoms. The molecular formula is C13H14N2O2. The monoisotopic (exact) mass is 230 g/mol. The van der Waals surface area contributed by atoms with Crippen LogP contribution < -0.4 is 5.32 Å². The average molecular weight is 230 g/mol. The molecular weight excluding hydrogens is 216 g/mol. The minimum absolute atomic E-state index is 0.0340. The maximum Gasteiger partial charge on any atom is 0.256 e. The average Bonchev–Trinajstić information content (AvgIpc) is 2.66. The molecule has 1 aromatic rings. The zero-order chi connectivity index (χ0) is 12.0. The number of nitrogens with zero attached hydrogens (tertiary/aromatic N) is 1. The first kappa shape index (κ1) is 10.3. The fourth-order valence-corrected chi connectivity index (χ4v) is 2.71. The third-order valence-corrected chi connectivity index (χ3v) is 3.64. The maximum absolute atomic E-state index is 12.3. The van der Waals surface area contributed by atoms with Gasteiger partial charge < -0.3 is 10.2 Å². The van der Waals surface area contributed by atoms with E-state index in [0.717, 1.165) is 6.42 Å². The highest BCUT2D eigenvalue weighted by molar-refractivity contribution is 6.10. The number of anilines is 1. The summed E-state index contributed by atoms with van der Waals surface area (Å²) in [6, 6.07) is 6.88. The Morgan fingerprint density at radius 2 is 2.06 bits per heavy atom. The molecule has 0 aromatic heterocycles. The molecule has 0 saturated carbocycles. The number of nitrogens with one attached hydrogen (secondary N) is 1. The molecule has 0 aliphatic carbocycles. The van der Waals surface area contributed by atoms with Crippen molar-refractivity contribution in [3.63, 3.8) is 0 Å². The molecule has 2 aliphatic heterocycles. The van der Waals surface area contributed by atoms with E-state index in [4.69, 9.17) is 0 Å². The molecule has 1 aromatic carbocycles. The molecule has 17 heavy (non-hydrogen) atoms. The molecule has 2 heterocycles. The van der Waals surface area contributed by atoms with Gasteiger partial charge in [-0.1, -0.05) is 19.1 Å². The molecule has 1 unspecified atom stereocenters. The van der Waals surface area contributed by atoms with Crippen molar-refractivity contribution < 1.29 is 9.59 Å². The van der Waals surface area contributed by atoms with E-state index in [9.17, 15) is 9.59 Å². The molecule has 0 bridgehead atoms. The first-order valence-electron chi connectivity index (χ1n) is 5.89. The zero-order valence-electron chi connectivity index (χ0n) is 9.64. The number of hydrogen-bond acceptors (Lipinski definition) is 2. The van der Waals surface area contributed by atoms with Gasteiger partial charge in [0.25, 0.3) is 5.91 Å². The Morgan fingerprint density at radius 1 is 1.29 bits per heavy atom. The summed E-state index contributed by atoms with van der Waals surface area (Å²) in [6.07, 6.45) is 0.895. The Morgan fingerprint density at radius 3 is 2.88 bits per heavy atom. The van der Waals surface area contributed by atoms with Gasteiger partial charge in [-0.15, -0.1) is 0 Å². The molecule has 2 amide bonds. The van der Waals surface area contributed by atoms with Crippen molar-refractivity contribution in [1.29, 1.82) is 0 Å². The van der Waals surface area contributed by atoms with Crippen molar-refractivity contribution in [1.82, 2.24) is 4.90 Å².